The Bertz CT molecular complexity index is 605. The van der Waals surface area contributed by atoms with Crippen molar-refractivity contribution in [3.8, 4) is 0 Å². The van der Waals surface area contributed by atoms with Crippen molar-refractivity contribution >= 4 is 58.0 Å². The first-order valence-electron chi connectivity index (χ1n) is 7.45. The molecule has 116 valence electrons. The molecule has 4 bridgehead atoms. The molecule has 5 aliphatic rings. The van der Waals surface area contributed by atoms with Crippen LogP contribution >= 0.6 is 46.4 Å². The Hall–Kier alpha value is -0.0200. The monoisotopic (exact) mass is 376 g/mol. The highest BCUT2D eigenvalue weighted by molar-refractivity contribution is 6.64. The van der Waals surface area contributed by atoms with E-state index >= 15 is 0 Å². The molecule has 6 heteroatoms. The summed E-state index contributed by atoms with van der Waals surface area (Å²) >= 11 is 27.2. The van der Waals surface area contributed by atoms with Crippen LogP contribution in [-0.2, 0) is 9.59 Å². The summed E-state index contributed by atoms with van der Waals surface area (Å²) in [6.07, 6.45) is 8.80. The van der Waals surface area contributed by atoms with Gasteiger partial charge in [0.25, 0.3) is 0 Å². The molecule has 2 nitrogen and oxygen atoms in total. The van der Waals surface area contributed by atoms with E-state index in [0.717, 1.165) is 0 Å². The Morgan fingerprint density at radius 3 is 1.09 bits per heavy atom. The Balaban J connectivity index is 1.84. The van der Waals surface area contributed by atoms with Gasteiger partial charge in [-0.2, -0.15) is 0 Å². The first-order chi connectivity index (χ1) is 10.2. The smallest absolute Gasteiger partial charge is 0.180 e. The molecule has 0 aliphatic heterocycles. The summed E-state index contributed by atoms with van der Waals surface area (Å²) < 4.78 is 0. The zero-order valence-corrected chi connectivity index (χ0v) is 14.4. The van der Waals surface area contributed by atoms with Crippen molar-refractivity contribution in [3.05, 3.63) is 24.3 Å². The van der Waals surface area contributed by atoms with Crippen molar-refractivity contribution in [2.24, 2.45) is 23.7 Å². The van der Waals surface area contributed by atoms with E-state index in [1.807, 2.05) is 24.3 Å². The van der Waals surface area contributed by atoms with Gasteiger partial charge < -0.3 is 0 Å². The van der Waals surface area contributed by atoms with Gasteiger partial charge in [-0.25, -0.2) is 0 Å². The maximum atomic E-state index is 13.4. The number of carbonyl (C=O) groups excluding carboxylic acids is 2. The molecule has 0 saturated heterocycles. The van der Waals surface area contributed by atoms with Crippen molar-refractivity contribution in [2.45, 2.75) is 32.3 Å². The standard InChI is InChI=1S/C16H12Cl4O2/c17-13-7-1-2-8(5-7)14(13,18)12(22)16(20)10-4-3-9(6-10)15(16,19)11(13)21/h1-4,7-10H,5-6H2/t7-,8-,9-,10-,13-,14+,15+,16+/m0/s1. The lowest BCUT2D eigenvalue weighted by atomic mass is 9.58. The predicted octanol–water partition coefficient (Wildman–Crippen LogP) is 3.46. The van der Waals surface area contributed by atoms with Gasteiger partial charge in [0.15, 0.2) is 11.6 Å². The molecule has 0 aromatic carbocycles. The molecule has 22 heavy (non-hydrogen) atoms. The van der Waals surface area contributed by atoms with Crippen LogP contribution in [0.4, 0.5) is 0 Å². The number of allylic oxidation sites excluding steroid dienone is 4. The van der Waals surface area contributed by atoms with Crippen LogP contribution in [0.1, 0.15) is 12.8 Å². The van der Waals surface area contributed by atoms with Gasteiger partial charge in [-0.1, -0.05) is 24.3 Å². The lowest BCUT2D eigenvalue weighted by Gasteiger charge is -2.56. The number of halogens is 4. The normalized spacial score (nSPS) is 63.6. The molecule has 0 spiro atoms. The fourth-order valence-corrected chi connectivity index (χ4v) is 7.77. The summed E-state index contributed by atoms with van der Waals surface area (Å²) in [6, 6.07) is 0. The number of fused-ring (bicyclic) bond motifs is 10. The number of alkyl halides is 4. The quantitative estimate of drug-likeness (QED) is 0.478. The van der Waals surface area contributed by atoms with Crippen LogP contribution in [0.15, 0.2) is 24.3 Å². The van der Waals surface area contributed by atoms with Crippen molar-refractivity contribution in [2.75, 3.05) is 0 Å². The second kappa shape index (κ2) is 3.64. The van der Waals surface area contributed by atoms with Crippen LogP contribution in [0.25, 0.3) is 0 Å². The Kier molecular flexibility index (Phi) is 2.37. The van der Waals surface area contributed by atoms with Crippen molar-refractivity contribution in [1.82, 2.24) is 0 Å². The second-order valence-electron chi connectivity index (χ2n) is 7.17. The van der Waals surface area contributed by atoms with E-state index in [9.17, 15) is 9.59 Å². The molecule has 5 aliphatic carbocycles. The molecule has 3 fully saturated rings. The average molecular weight is 378 g/mol. The molecule has 0 unspecified atom stereocenters. The van der Waals surface area contributed by atoms with Crippen LogP contribution < -0.4 is 0 Å². The minimum Gasteiger partial charge on any atom is -0.295 e. The van der Waals surface area contributed by atoms with Gasteiger partial charge in [-0.05, 0) is 12.8 Å². The molecule has 0 aromatic rings. The number of Topliss-reactive ketones (excluding diaryl/α,β-unsaturated/α-hetero) is 2. The second-order valence-corrected chi connectivity index (χ2v) is 9.56. The molecule has 0 heterocycles. The number of hydrogen-bond acceptors (Lipinski definition) is 2. The van der Waals surface area contributed by atoms with E-state index in [1.165, 1.54) is 0 Å². The van der Waals surface area contributed by atoms with Gasteiger partial charge in [0.2, 0.25) is 0 Å². The molecule has 0 aromatic heterocycles. The van der Waals surface area contributed by atoms with E-state index in [1.54, 1.807) is 0 Å². The minimum atomic E-state index is -1.48. The zero-order chi connectivity index (χ0) is 15.7. The highest BCUT2D eigenvalue weighted by Crippen LogP contribution is 2.73. The van der Waals surface area contributed by atoms with Crippen LogP contribution in [0, 0.1) is 23.7 Å². The van der Waals surface area contributed by atoms with E-state index < -0.39 is 19.5 Å². The molecule has 0 amide bonds. The molecule has 0 radical (unpaired) electrons. The largest absolute Gasteiger partial charge is 0.295 e. The van der Waals surface area contributed by atoms with E-state index in [4.69, 9.17) is 46.4 Å². The lowest BCUT2D eigenvalue weighted by molar-refractivity contribution is -0.141. The van der Waals surface area contributed by atoms with Gasteiger partial charge in [0, 0.05) is 23.7 Å². The summed E-state index contributed by atoms with van der Waals surface area (Å²) in [5.74, 6) is -1.74. The SMILES string of the molecule is O=C1[C@@]2(Cl)[C@H]3C=C[C@@H](C3)[C@@]2(Cl)C(=O)[C@]2(Cl)[C@H]3C=C[C@@H](C3)[C@@]12Cl. The van der Waals surface area contributed by atoms with Crippen molar-refractivity contribution in [1.29, 1.82) is 0 Å². The lowest BCUT2D eigenvalue weighted by Crippen LogP contribution is -2.78. The Labute approximate surface area is 147 Å². The van der Waals surface area contributed by atoms with Crippen molar-refractivity contribution in [3.63, 3.8) is 0 Å². The molecule has 3 saturated carbocycles. The van der Waals surface area contributed by atoms with Crippen molar-refractivity contribution < 1.29 is 9.59 Å². The Morgan fingerprint density at radius 1 is 0.636 bits per heavy atom. The first kappa shape index (κ1) is 14.3. The van der Waals surface area contributed by atoms with Gasteiger partial charge in [0.05, 0.1) is 0 Å². The Morgan fingerprint density at radius 2 is 0.864 bits per heavy atom. The third-order valence-electron chi connectivity index (χ3n) is 6.59. The summed E-state index contributed by atoms with van der Waals surface area (Å²) in [6.45, 7) is 0. The third-order valence-corrected chi connectivity index (χ3v) is 9.79. The van der Waals surface area contributed by atoms with Gasteiger partial charge >= 0.3 is 0 Å². The van der Waals surface area contributed by atoms with Crippen LogP contribution in [0.2, 0.25) is 0 Å². The van der Waals surface area contributed by atoms with Crippen LogP contribution in [0.5, 0.6) is 0 Å². The number of ketones is 2. The third kappa shape index (κ3) is 1.02. The summed E-state index contributed by atoms with van der Waals surface area (Å²) in [4.78, 5) is 20.9. The average Bonchev–Trinajstić information content (AvgIpc) is 3.23. The summed E-state index contributed by atoms with van der Waals surface area (Å²) in [7, 11) is 0. The van der Waals surface area contributed by atoms with Gasteiger partial charge in [0.1, 0.15) is 19.5 Å². The topological polar surface area (TPSA) is 34.1 Å². The molecule has 8 atom stereocenters. The maximum Gasteiger partial charge on any atom is 0.180 e. The molecule has 0 N–H and O–H groups in total. The van der Waals surface area contributed by atoms with Crippen LogP contribution in [0.3, 0.4) is 0 Å². The van der Waals surface area contributed by atoms with Gasteiger partial charge in [-0.3, -0.25) is 9.59 Å². The predicted molar refractivity (Wildman–Crippen MR) is 85.8 cm³/mol. The fraction of sp³-hybridized carbons (Fsp3) is 0.625. The fourth-order valence-electron chi connectivity index (χ4n) is 5.52. The number of carbonyl (C=O) groups is 2. The summed E-state index contributed by atoms with van der Waals surface area (Å²) in [5.41, 5.74) is 0. The first-order valence-corrected chi connectivity index (χ1v) is 8.96. The summed E-state index contributed by atoms with van der Waals surface area (Å²) in [5, 5.41) is 0. The van der Waals surface area contributed by atoms with Gasteiger partial charge in [-0.15, -0.1) is 46.4 Å². The number of rotatable bonds is 0. The molecule has 5 rings (SSSR count). The van der Waals surface area contributed by atoms with E-state index in [0.29, 0.717) is 12.8 Å². The van der Waals surface area contributed by atoms with Crippen LogP contribution in [-0.4, -0.2) is 31.1 Å². The highest BCUT2D eigenvalue weighted by atomic mass is 35.5. The minimum absolute atomic E-state index is 0.256. The maximum absolute atomic E-state index is 13.4. The zero-order valence-electron chi connectivity index (χ0n) is 11.4. The highest BCUT2D eigenvalue weighted by Gasteiger charge is 2.87. The molecular formula is C16H12Cl4O2. The van der Waals surface area contributed by atoms with E-state index in [-0.39, 0.29) is 35.2 Å². The molecular weight excluding hydrogens is 366 g/mol. The number of hydrogen-bond donors (Lipinski definition) is 0. The van der Waals surface area contributed by atoms with E-state index in [2.05, 4.69) is 0 Å².